The summed E-state index contributed by atoms with van der Waals surface area (Å²) >= 11 is 3.45. The monoisotopic (exact) mass is 528 g/mol. The molecule has 1 atom stereocenters. The van der Waals surface area contributed by atoms with Crippen molar-refractivity contribution >= 4 is 29.5 Å². The minimum atomic E-state index is -3.82. The van der Waals surface area contributed by atoms with Gasteiger partial charge in [0.15, 0.2) is 11.5 Å². The van der Waals surface area contributed by atoms with Crippen LogP contribution in [0, 0.1) is 0 Å². The predicted molar refractivity (Wildman–Crippen MR) is 123 cm³/mol. The average Bonchev–Trinajstić information content (AvgIpc) is 3.36. The fourth-order valence-corrected chi connectivity index (χ4v) is 5.61. The van der Waals surface area contributed by atoms with E-state index in [1.165, 1.54) is 0 Å². The van der Waals surface area contributed by atoms with Crippen molar-refractivity contribution in [2.24, 2.45) is 0 Å². The molecule has 1 aliphatic rings. The summed E-state index contributed by atoms with van der Waals surface area (Å²) in [5, 5.41) is 4.08. The van der Waals surface area contributed by atoms with Crippen LogP contribution in [0.3, 0.4) is 0 Å². The van der Waals surface area contributed by atoms with Crippen molar-refractivity contribution in [3.8, 4) is 0 Å². The number of carbonyl (C=O) groups excluding carboxylic acids is 1. The van der Waals surface area contributed by atoms with Gasteiger partial charge in [0.1, 0.15) is 5.60 Å². The molecule has 10 heteroatoms. The highest BCUT2D eigenvalue weighted by atomic mass is 79.9. The Hall–Kier alpha value is -1.54. The third kappa shape index (κ3) is 5.68. The van der Waals surface area contributed by atoms with Gasteiger partial charge in [-0.1, -0.05) is 33.2 Å². The SMILES string of the molecule is CCOP(=O)(OCC)C(Cc1noc(C2(c3ccc(Br)cc3)CC2)n1)C(=O)OC(C)(C)C. The Morgan fingerprint density at radius 3 is 2.28 bits per heavy atom. The van der Waals surface area contributed by atoms with E-state index in [0.29, 0.717) is 5.89 Å². The summed E-state index contributed by atoms with van der Waals surface area (Å²) in [7, 11) is -3.82. The Labute approximate surface area is 197 Å². The Morgan fingerprint density at radius 1 is 1.19 bits per heavy atom. The maximum Gasteiger partial charge on any atom is 0.345 e. The number of nitrogens with zero attached hydrogens (tertiary/aromatic N) is 2. The fraction of sp³-hybridized carbons (Fsp3) is 0.591. The van der Waals surface area contributed by atoms with Crippen molar-refractivity contribution in [3.05, 3.63) is 46.0 Å². The molecule has 0 saturated heterocycles. The number of hydrogen-bond acceptors (Lipinski definition) is 8. The largest absolute Gasteiger partial charge is 0.459 e. The van der Waals surface area contributed by atoms with Gasteiger partial charge in [0.2, 0.25) is 5.89 Å². The van der Waals surface area contributed by atoms with Gasteiger partial charge in [0, 0.05) is 10.9 Å². The van der Waals surface area contributed by atoms with E-state index in [1.54, 1.807) is 34.6 Å². The standard InChI is InChI=1S/C22H30BrN2O6P/c1-6-28-32(27,29-7-2)17(19(26)30-21(3,4)5)14-18-24-20(31-25-18)22(12-13-22)15-8-10-16(23)11-9-15/h8-11,17H,6-7,12-14H2,1-5H3. The van der Waals surface area contributed by atoms with Gasteiger partial charge in [-0.3, -0.25) is 9.36 Å². The first kappa shape index (κ1) is 25.1. The molecule has 0 aliphatic heterocycles. The number of hydrogen-bond donors (Lipinski definition) is 0. The third-order valence-electron chi connectivity index (χ3n) is 5.08. The topological polar surface area (TPSA) is 101 Å². The first-order valence-corrected chi connectivity index (χ1v) is 13.1. The normalized spacial score (nSPS) is 16.6. The first-order valence-electron chi connectivity index (χ1n) is 10.7. The molecule has 1 heterocycles. The Balaban J connectivity index is 1.88. The first-order chi connectivity index (χ1) is 15.0. The lowest BCUT2D eigenvalue weighted by atomic mass is 9.96. The quantitative estimate of drug-likeness (QED) is 0.297. The van der Waals surface area contributed by atoms with Gasteiger partial charge in [-0.2, -0.15) is 4.98 Å². The van der Waals surface area contributed by atoms with Crippen molar-refractivity contribution in [1.82, 2.24) is 10.1 Å². The van der Waals surface area contributed by atoms with E-state index < -0.39 is 24.8 Å². The highest BCUT2D eigenvalue weighted by Crippen LogP contribution is 2.55. The Morgan fingerprint density at radius 2 is 1.78 bits per heavy atom. The molecule has 32 heavy (non-hydrogen) atoms. The molecular formula is C22H30BrN2O6P. The molecule has 0 amide bonds. The maximum atomic E-state index is 13.5. The highest BCUT2D eigenvalue weighted by Gasteiger charge is 2.51. The Bertz CT molecular complexity index is 971. The lowest BCUT2D eigenvalue weighted by Gasteiger charge is -2.27. The van der Waals surface area contributed by atoms with Crippen LogP contribution >= 0.6 is 23.5 Å². The van der Waals surface area contributed by atoms with Crippen LogP contribution in [-0.4, -0.2) is 40.6 Å². The van der Waals surface area contributed by atoms with Gasteiger partial charge < -0.3 is 18.3 Å². The van der Waals surface area contributed by atoms with Crippen LogP contribution in [0.15, 0.2) is 33.3 Å². The number of carbonyl (C=O) groups is 1. The summed E-state index contributed by atoms with van der Waals surface area (Å²) in [4.78, 5) is 17.6. The molecule has 1 unspecified atom stereocenters. The molecule has 1 aromatic carbocycles. The predicted octanol–water partition coefficient (Wildman–Crippen LogP) is 5.43. The van der Waals surface area contributed by atoms with Crippen LogP contribution in [0.4, 0.5) is 0 Å². The van der Waals surface area contributed by atoms with Crippen LogP contribution < -0.4 is 0 Å². The van der Waals surface area contributed by atoms with Gasteiger partial charge in [0.25, 0.3) is 0 Å². The van der Waals surface area contributed by atoms with Crippen LogP contribution in [-0.2, 0) is 35.0 Å². The van der Waals surface area contributed by atoms with Crippen molar-refractivity contribution in [2.75, 3.05) is 13.2 Å². The molecule has 1 aromatic heterocycles. The van der Waals surface area contributed by atoms with Crippen LogP contribution in [0.1, 0.15) is 64.7 Å². The zero-order valence-electron chi connectivity index (χ0n) is 19.1. The molecule has 0 bridgehead atoms. The molecule has 2 aromatic rings. The molecule has 1 saturated carbocycles. The van der Waals surface area contributed by atoms with Gasteiger partial charge in [-0.15, -0.1) is 0 Å². The van der Waals surface area contributed by atoms with E-state index in [9.17, 15) is 9.36 Å². The minimum absolute atomic E-state index is 0.0773. The molecular weight excluding hydrogens is 499 g/mol. The number of esters is 1. The summed E-state index contributed by atoms with van der Waals surface area (Å²) < 4.78 is 36.5. The van der Waals surface area contributed by atoms with Gasteiger partial charge >= 0.3 is 13.6 Å². The molecule has 8 nitrogen and oxygen atoms in total. The summed E-state index contributed by atoms with van der Waals surface area (Å²) in [6.07, 6.45) is 1.70. The fourth-order valence-electron chi connectivity index (χ4n) is 3.50. The molecule has 3 rings (SSSR count). The number of ether oxygens (including phenoxy) is 1. The van der Waals surface area contributed by atoms with E-state index in [1.807, 2.05) is 24.3 Å². The summed E-state index contributed by atoms with van der Waals surface area (Å²) in [5.41, 5.74) is -1.19. The maximum absolute atomic E-state index is 13.5. The van der Waals surface area contributed by atoms with Gasteiger partial charge in [0.05, 0.1) is 18.6 Å². The molecule has 0 N–H and O–H groups in total. The van der Waals surface area contributed by atoms with E-state index in [-0.39, 0.29) is 30.9 Å². The van der Waals surface area contributed by atoms with E-state index >= 15 is 0 Å². The smallest absolute Gasteiger partial charge is 0.345 e. The zero-order valence-corrected chi connectivity index (χ0v) is 21.6. The van der Waals surface area contributed by atoms with Crippen molar-refractivity contribution in [1.29, 1.82) is 0 Å². The number of benzene rings is 1. The van der Waals surface area contributed by atoms with Gasteiger partial charge in [-0.25, -0.2) is 0 Å². The number of rotatable bonds is 10. The lowest BCUT2D eigenvalue weighted by Crippen LogP contribution is -2.34. The van der Waals surface area contributed by atoms with Gasteiger partial charge in [-0.05, 0) is 65.2 Å². The minimum Gasteiger partial charge on any atom is -0.459 e. The Kier molecular flexibility index (Phi) is 7.65. The van der Waals surface area contributed by atoms with E-state index in [2.05, 4.69) is 26.1 Å². The van der Waals surface area contributed by atoms with Crippen LogP contribution in [0.2, 0.25) is 0 Å². The number of aromatic nitrogens is 2. The summed E-state index contributed by atoms with van der Waals surface area (Å²) in [6, 6.07) is 8.02. The zero-order chi connectivity index (χ0) is 23.6. The molecule has 0 radical (unpaired) electrons. The number of halogens is 1. The van der Waals surface area contributed by atoms with Crippen LogP contribution in [0.5, 0.6) is 0 Å². The average molecular weight is 529 g/mol. The second-order valence-electron chi connectivity index (χ2n) is 8.73. The van der Waals surface area contributed by atoms with Crippen molar-refractivity contribution < 1.29 is 27.7 Å². The lowest BCUT2D eigenvalue weighted by molar-refractivity contribution is -0.154. The highest BCUT2D eigenvalue weighted by molar-refractivity contribution is 9.10. The second kappa shape index (κ2) is 9.75. The van der Waals surface area contributed by atoms with Crippen LogP contribution in [0.25, 0.3) is 0 Å². The molecule has 1 fully saturated rings. The van der Waals surface area contributed by atoms with Crippen molar-refractivity contribution in [3.63, 3.8) is 0 Å². The summed E-state index contributed by atoms with van der Waals surface area (Å²) in [5.74, 6) is 0.0717. The third-order valence-corrected chi connectivity index (χ3v) is 8.00. The van der Waals surface area contributed by atoms with E-state index in [4.69, 9.17) is 18.3 Å². The summed E-state index contributed by atoms with van der Waals surface area (Å²) in [6.45, 7) is 8.88. The molecule has 1 aliphatic carbocycles. The van der Waals surface area contributed by atoms with E-state index in [0.717, 1.165) is 22.9 Å². The second-order valence-corrected chi connectivity index (χ2v) is 11.9. The molecule has 176 valence electrons. The van der Waals surface area contributed by atoms with Crippen molar-refractivity contribution in [2.45, 2.75) is 70.6 Å². The molecule has 0 spiro atoms.